The van der Waals surface area contributed by atoms with Gasteiger partial charge >= 0.3 is 0 Å². The molecular formula is C9H12BrNO2. The van der Waals surface area contributed by atoms with Crippen LogP contribution in [0.5, 0.6) is 11.5 Å². The van der Waals surface area contributed by atoms with Gasteiger partial charge in [-0.2, -0.15) is 0 Å². The summed E-state index contributed by atoms with van der Waals surface area (Å²) in [6, 6.07) is 3.19. The summed E-state index contributed by atoms with van der Waals surface area (Å²) in [7, 11) is 1.51. The molecule has 4 heteroatoms. The number of rotatable bonds is 2. The van der Waals surface area contributed by atoms with Gasteiger partial charge in [-0.15, -0.1) is 0 Å². The second kappa shape index (κ2) is 3.98. The fourth-order valence-corrected chi connectivity index (χ4v) is 1.76. The third-order valence-corrected chi connectivity index (χ3v) is 2.48. The van der Waals surface area contributed by atoms with Crippen LogP contribution in [0.15, 0.2) is 16.6 Å². The van der Waals surface area contributed by atoms with Crippen molar-refractivity contribution in [2.45, 2.75) is 13.0 Å². The molecule has 0 aromatic heterocycles. The summed E-state index contributed by atoms with van der Waals surface area (Å²) >= 11 is 3.35. The van der Waals surface area contributed by atoms with Crippen LogP contribution in [0.25, 0.3) is 0 Å². The lowest BCUT2D eigenvalue weighted by Gasteiger charge is -2.11. The first kappa shape index (κ1) is 10.3. The predicted octanol–water partition coefficient (Wildman–Crippen LogP) is 2.18. The molecule has 0 aliphatic carbocycles. The number of ether oxygens (including phenoxy) is 1. The number of phenols is 1. The van der Waals surface area contributed by atoms with Gasteiger partial charge in [0.2, 0.25) is 0 Å². The molecule has 0 saturated carbocycles. The smallest absolute Gasteiger partial charge is 0.161 e. The van der Waals surface area contributed by atoms with Crippen molar-refractivity contribution in [3.05, 3.63) is 22.2 Å². The van der Waals surface area contributed by atoms with Crippen molar-refractivity contribution in [1.29, 1.82) is 0 Å². The highest BCUT2D eigenvalue weighted by molar-refractivity contribution is 9.10. The molecule has 0 aliphatic rings. The summed E-state index contributed by atoms with van der Waals surface area (Å²) in [6.45, 7) is 1.85. The van der Waals surface area contributed by atoms with Crippen LogP contribution in [0.1, 0.15) is 18.5 Å². The zero-order valence-corrected chi connectivity index (χ0v) is 9.13. The Balaban J connectivity index is 3.20. The molecule has 1 atom stereocenters. The van der Waals surface area contributed by atoms with Gasteiger partial charge in [-0.1, -0.05) is 15.9 Å². The normalized spacial score (nSPS) is 12.6. The van der Waals surface area contributed by atoms with Gasteiger partial charge in [0.15, 0.2) is 11.5 Å². The molecule has 0 aliphatic heterocycles. The van der Waals surface area contributed by atoms with E-state index in [1.165, 1.54) is 7.11 Å². The monoisotopic (exact) mass is 245 g/mol. The standard InChI is InChI=1S/C9H12BrNO2/c1-5(11)6-3-8(12)9(13-2)4-7(6)10/h3-5,12H,11H2,1-2H3/t5-/m0/s1. The molecule has 1 aromatic carbocycles. The van der Waals surface area contributed by atoms with Crippen LogP contribution in [0.4, 0.5) is 0 Å². The van der Waals surface area contributed by atoms with E-state index in [1.54, 1.807) is 12.1 Å². The van der Waals surface area contributed by atoms with Gasteiger partial charge in [-0.25, -0.2) is 0 Å². The molecule has 0 spiro atoms. The molecule has 0 amide bonds. The Morgan fingerprint density at radius 3 is 2.62 bits per heavy atom. The molecule has 3 nitrogen and oxygen atoms in total. The van der Waals surface area contributed by atoms with Crippen LogP contribution in [0.2, 0.25) is 0 Å². The third-order valence-electron chi connectivity index (χ3n) is 1.79. The first-order valence-electron chi connectivity index (χ1n) is 3.88. The molecule has 13 heavy (non-hydrogen) atoms. The van der Waals surface area contributed by atoms with Gasteiger partial charge in [-0.3, -0.25) is 0 Å². The van der Waals surface area contributed by atoms with E-state index >= 15 is 0 Å². The van der Waals surface area contributed by atoms with Crippen molar-refractivity contribution < 1.29 is 9.84 Å². The molecule has 0 unspecified atom stereocenters. The van der Waals surface area contributed by atoms with Crippen molar-refractivity contribution in [2.24, 2.45) is 5.73 Å². The lowest BCUT2D eigenvalue weighted by molar-refractivity contribution is 0.372. The Kier molecular flexibility index (Phi) is 3.17. The molecular weight excluding hydrogens is 234 g/mol. The number of nitrogens with two attached hydrogens (primary N) is 1. The van der Waals surface area contributed by atoms with Crippen molar-refractivity contribution in [3.8, 4) is 11.5 Å². The molecule has 1 rings (SSSR count). The zero-order valence-electron chi connectivity index (χ0n) is 7.54. The van der Waals surface area contributed by atoms with Gasteiger partial charge in [0.25, 0.3) is 0 Å². The Labute approximate surface area is 85.6 Å². The van der Waals surface area contributed by atoms with Gasteiger partial charge in [0.05, 0.1) is 7.11 Å². The molecule has 3 N–H and O–H groups in total. The summed E-state index contributed by atoms with van der Waals surface area (Å²) in [5.41, 5.74) is 6.55. The zero-order chi connectivity index (χ0) is 10.0. The minimum atomic E-state index is -0.119. The fourth-order valence-electron chi connectivity index (χ4n) is 1.07. The molecule has 0 radical (unpaired) electrons. The highest BCUT2D eigenvalue weighted by Crippen LogP contribution is 2.34. The van der Waals surface area contributed by atoms with Crippen LogP contribution in [-0.2, 0) is 0 Å². The van der Waals surface area contributed by atoms with E-state index in [4.69, 9.17) is 10.5 Å². The highest BCUT2D eigenvalue weighted by atomic mass is 79.9. The molecule has 72 valence electrons. The first-order chi connectivity index (χ1) is 6.06. The van der Waals surface area contributed by atoms with E-state index in [2.05, 4.69) is 15.9 Å². The third kappa shape index (κ3) is 2.14. The Hall–Kier alpha value is -0.740. The van der Waals surface area contributed by atoms with Crippen molar-refractivity contribution in [2.75, 3.05) is 7.11 Å². The second-order valence-corrected chi connectivity index (χ2v) is 3.69. The molecule has 0 bridgehead atoms. The minimum absolute atomic E-state index is 0.109. The number of methoxy groups -OCH3 is 1. The summed E-state index contributed by atoms with van der Waals surface area (Å²) in [5.74, 6) is 0.550. The summed E-state index contributed by atoms with van der Waals surface area (Å²) in [6.07, 6.45) is 0. The topological polar surface area (TPSA) is 55.5 Å². The highest BCUT2D eigenvalue weighted by Gasteiger charge is 2.10. The Morgan fingerprint density at radius 2 is 2.15 bits per heavy atom. The lowest BCUT2D eigenvalue weighted by Crippen LogP contribution is -2.05. The average Bonchev–Trinajstić information content (AvgIpc) is 2.07. The van der Waals surface area contributed by atoms with Crippen LogP contribution in [-0.4, -0.2) is 12.2 Å². The van der Waals surface area contributed by atoms with Crippen molar-refractivity contribution in [3.63, 3.8) is 0 Å². The van der Waals surface area contributed by atoms with E-state index in [1.807, 2.05) is 6.92 Å². The number of hydrogen-bond donors (Lipinski definition) is 2. The molecule has 0 fully saturated rings. The quantitative estimate of drug-likeness (QED) is 0.840. The van der Waals surface area contributed by atoms with Gasteiger partial charge in [-0.05, 0) is 24.6 Å². The Bertz CT molecular complexity index is 313. The van der Waals surface area contributed by atoms with E-state index < -0.39 is 0 Å². The SMILES string of the molecule is COc1cc(Br)c([C@H](C)N)cc1O. The molecule has 1 aromatic rings. The van der Waals surface area contributed by atoms with Gasteiger partial charge < -0.3 is 15.6 Å². The van der Waals surface area contributed by atoms with Crippen LogP contribution in [0.3, 0.4) is 0 Å². The van der Waals surface area contributed by atoms with E-state index in [9.17, 15) is 5.11 Å². The van der Waals surface area contributed by atoms with Crippen molar-refractivity contribution >= 4 is 15.9 Å². The minimum Gasteiger partial charge on any atom is -0.504 e. The van der Waals surface area contributed by atoms with Crippen LogP contribution < -0.4 is 10.5 Å². The van der Waals surface area contributed by atoms with Crippen molar-refractivity contribution in [1.82, 2.24) is 0 Å². The first-order valence-corrected chi connectivity index (χ1v) is 4.67. The van der Waals surface area contributed by atoms with E-state index in [-0.39, 0.29) is 11.8 Å². The summed E-state index contributed by atoms with van der Waals surface area (Å²) in [4.78, 5) is 0. The van der Waals surface area contributed by atoms with Crippen LogP contribution >= 0.6 is 15.9 Å². The number of hydrogen-bond acceptors (Lipinski definition) is 3. The Morgan fingerprint density at radius 1 is 1.54 bits per heavy atom. The number of phenolic OH excluding ortho intramolecular Hbond substituents is 1. The van der Waals surface area contributed by atoms with Gasteiger partial charge in [0, 0.05) is 10.5 Å². The molecule has 0 saturated heterocycles. The van der Waals surface area contributed by atoms with E-state index in [0.29, 0.717) is 5.75 Å². The maximum atomic E-state index is 9.46. The fraction of sp³-hybridized carbons (Fsp3) is 0.333. The lowest BCUT2D eigenvalue weighted by atomic mass is 10.1. The molecule has 0 heterocycles. The average molecular weight is 246 g/mol. The number of aromatic hydroxyl groups is 1. The maximum Gasteiger partial charge on any atom is 0.161 e. The summed E-state index contributed by atoms with van der Waals surface area (Å²) < 4.78 is 5.78. The van der Waals surface area contributed by atoms with Crippen LogP contribution in [0, 0.1) is 0 Å². The van der Waals surface area contributed by atoms with Gasteiger partial charge in [0.1, 0.15) is 0 Å². The summed E-state index contributed by atoms with van der Waals surface area (Å²) in [5, 5.41) is 9.46. The maximum absolute atomic E-state index is 9.46. The van der Waals surface area contributed by atoms with E-state index in [0.717, 1.165) is 10.0 Å². The largest absolute Gasteiger partial charge is 0.504 e. The number of benzene rings is 1. The predicted molar refractivity (Wildman–Crippen MR) is 55.0 cm³/mol. The number of halogens is 1. The second-order valence-electron chi connectivity index (χ2n) is 2.83.